The minimum atomic E-state index is -0.823. The normalized spacial score (nSPS) is 11.0. The lowest BCUT2D eigenvalue weighted by Gasteiger charge is -2.20. The van der Waals surface area contributed by atoms with Crippen LogP contribution >= 0.6 is 0 Å². The van der Waals surface area contributed by atoms with E-state index in [9.17, 15) is 4.79 Å². The predicted molar refractivity (Wildman–Crippen MR) is 32.5 cm³/mol. The van der Waals surface area contributed by atoms with Crippen LogP contribution in [-0.4, -0.2) is 18.9 Å². The van der Waals surface area contributed by atoms with Gasteiger partial charge in [0.25, 0.3) is 0 Å². The van der Waals surface area contributed by atoms with E-state index < -0.39 is 5.79 Å². The molecular formula is C6H11O3. The van der Waals surface area contributed by atoms with Crippen LogP contribution in [0, 0.1) is 0 Å². The quantitative estimate of drug-likeness (QED) is 0.530. The van der Waals surface area contributed by atoms with Crippen LogP contribution in [0.1, 0.15) is 20.8 Å². The first-order valence-electron chi connectivity index (χ1n) is 2.81. The standard InChI is InChI=1S/C6H11O3/c1-4-8-6(2,3)9-5-7/h4H2,1-3H3. The third-order valence-corrected chi connectivity index (χ3v) is 0.779. The monoisotopic (exact) mass is 131 g/mol. The summed E-state index contributed by atoms with van der Waals surface area (Å²) >= 11 is 0. The van der Waals surface area contributed by atoms with E-state index in [2.05, 4.69) is 4.74 Å². The average Bonchev–Trinajstić information content (AvgIpc) is 1.64. The van der Waals surface area contributed by atoms with Gasteiger partial charge in [-0.15, -0.1) is 0 Å². The van der Waals surface area contributed by atoms with Gasteiger partial charge in [-0.1, -0.05) is 0 Å². The Morgan fingerprint density at radius 1 is 1.56 bits per heavy atom. The van der Waals surface area contributed by atoms with Crippen molar-refractivity contribution in [3.05, 3.63) is 0 Å². The van der Waals surface area contributed by atoms with Gasteiger partial charge in [-0.2, -0.15) is 0 Å². The van der Waals surface area contributed by atoms with Crippen LogP contribution in [0.2, 0.25) is 0 Å². The maximum atomic E-state index is 9.67. The molecule has 0 aromatic carbocycles. The molecule has 0 rings (SSSR count). The molecule has 0 aromatic rings. The second-order valence-corrected chi connectivity index (χ2v) is 2.02. The maximum Gasteiger partial charge on any atom is 0.420 e. The number of hydrogen-bond donors (Lipinski definition) is 0. The lowest BCUT2D eigenvalue weighted by atomic mass is 10.4. The fourth-order valence-corrected chi connectivity index (χ4v) is 0.477. The van der Waals surface area contributed by atoms with Crippen LogP contribution in [0.15, 0.2) is 0 Å². The molecule has 0 heterocycles. The summed E-state index contributed by atoms with van der Waals surface area (Å²) in [5.74, 6) is -0.823. The summed E-state index contributed by atoms with van der Waals surface area (Å²) in [5, 5.41) is 0. The minimum absolute atomic E-state index is 0.522. The van der Waals surface area contributed by atoms with Gasteiger partial charge in [-0.3, -0.25) is 0 Å². The first-order valence-corrected chi connectivity index (χ1v) is 2.81. The van der Waals surface area contributed by atoms with E-state index in [-0.39, 0.29) is 0 Å². The first-order chi connectivity index (χ1) is 4.12. The molecular weight excluding hydrogens is 120 g/mol. The third-order valence-electron chi connectivity index (χ3n) is 0.779. The topological polar surface area (TPSA) is 35.5 Å². The predicted octanol–water partition coefficient (Wildman–Crippen LogP) is 0.843. The van der Waals surface area contributed by atoms with Crippen LogP contribution in [0.4, 0.5) is 0 Å². The maximum absolute atomic E-state index is 9.67. The van der Waals surface area contributed by atoms with Crippen molar-refractivity contribution in [3.8, 4) is 0 Å². The summed E-state index contributed by atoms with van der Waals surface area (Å²) < 4.78 is 9.43. The van der Waals surface area contributed by atoms with Gasteiger partial charge in [0.2, 0.25) is 5.79 Å². The highest BCUT2D eigenvalue weighted by atomic mass is 16.7. The van der Waals surface area contributed by atoms with Crippen molar-refractivity contribution in [1.82, 2.24) is 0 Å². The third kappa shape index (κ3) is 3.97. The molecule has 3 heteroatoms. The average molecular weight is 131 g/mol. The Labute approximate surface area is 55.0 Å². The van der Waals surface area contributed by atoms with Gasteiger partial charge >= 0.3 is 6.47 Å². The Kier molecular flexibility index (Phi) is 3.24. The number of carbonyl (C=O) groups excluding carboxylic acids is 1. The van der Waals surface area contributed by atoms with E-state index >= 15 is 0 Å². The number of rotatable bonds is 4. The zero-order valence-electron chi connectivity index (χ0n) is 5.93. The molecule has 0 saturated heterocycles. The first kappa shape index (κ1) is 8.43. The largest absolute Gasteiger partial charge is 0.425 e. The summed E-state index contributed by atoms with van der Waals surface area (Å²) in [7, 11) is 0. The fourth-order valence-electron chi connectivity index (χ4n) is 0.477. The Morgan fingerprint density at radius 3 is 2.44 bits per heavy atom. The van der Waals surface area contributed by atoms with Crippen molar-refractivity contribution >= 4 is 6.47 Å². The summed E-state index contributed by atoms with van der Waals surface area (Å²) in [4.78, 5) is 9.67. The van der Waals surface area contributed by atoms with Crippen molar-refractivity contribution < 1.29 is 14.3 Å². The number of ether oxygens (including phenoxy) is 2. The number of hydrogen-bond acceptors (Lipinski definition) is 3. The van der Waals surface area contributed by atoms with E-state index in [0.717, 1.165) is 0 Å². The summed E-state index contributed by atoms with van der Waals surface area (Å²) in [5.41, 5.74) is 0. The van der Waals surface area contributed by atoms with Gasteiger partial charge in [0.15, 0.2) is 0 Å². The van der Waals surface area contributed by atoms with Crippen molar-refractivity contribution in [3.63, 3.8) is 0 Å². The molecule has 9 heavy (non-hydrogen) atoms. The lowest BCUT2D eigenvalue weighted by molar-refractivity contribution is -0.161. The second-order valence-electron chi connectivity index (χ2n) is 2.02. The van der Waals surface area contributed by atoms with Gasteiger partial charge in [0, 0.05) is 20.5 Å². The zero-order valence-corrected chi connectivity index (χ0v) is 5.93. The molecule has 0 aliphatic carbocycles. The van der Waals surface area contributed by atoms with Crippen LogP contribution in [-0.2, 0) is 14.3 Å². The zero-order chi connectivity index (χ0) is 7.33. The van der Waals surface area contributed by atoms with Crippen molar-refractivity contribution in [1.29, 1.82) is 0 Å². The van der Waals surface area contributed by atoms with Crippen LogP contribution in [0.3, 0.4) is 0 Å². The molecule has 1 radical (unpaired) electrons. The molecule has 0 aliphatic heterocycles. The van der Waals surface area contributed by atoms with Gasteiger partial charge in [-0.05, 0) is 6.92 Å². The lowest BCUT2D eigenvalue weighted by Crippen LogP contribution is -2.27. The van der Waals surface area contributed by atoms with Crippen LogP contribution < -0.4 is 0 Å². The Hall–Kier alpha value is -0.570. The SMILES string of the molecule is CCOC(C)(C)O[C]=O. The van der Waals surface area contributed by atoms with Crippen molar-refractivity contribution in [2.24, 2.45) is 0 Å². The summed E-state index contributed by atoms with van der Waals surface area (Å²) in [6.45, 7) is 6.98. The summed E-state index contributed by atoms with van der Waals surface area (Å²) in [6.07, 6.45) is 0. The van der Waals surface area contributed by atoms with E-state index in [4.69, 9.17) is 4.74 Å². The molecule has 0 N–H and O–H groups in total. The van der Waals surface area contributed by atoms with E-state index in [0.29, 0.717) is 6.61 Å². The van der Waals surface area contributed by atoms with Crippen molar-refractivity contribution in [2.75, 3.05) is 6.61 Å². The van der Waals surface area contributed by atoms with Crippen LogP contribution in [0.25, 0.3) is 0 Å². The van der Waals surface area contributed by atoms with Gasteiger partial charge in [0.1, 0.15) is 0 Å². The molecule has 0 saturated carbocycles. The van der Waals surface area contributed by atoms with Crippen molar-refractivity contribution in [2.45, 2.75) is 26.6 Å². The van der Waals surface area contributed by atoms with E-state index in [1.54, 1.807) is 13.8 Å². The molecule has 0 aliphatic rings. The second kappa shape index (κ2) is 3.45. The van der Waals surface area contributed by atoms with Gasteiger partial charge in [0.05, 0.1) is 0 Å². The molecule has 0 bridgehead atoms. The fraction of sp³-hybridized carbons (Fsp3) is 0.833. The van der Waals surface area contributed by atoms with Gasteiger partial charge < -0.3 is 9.47 Å². The Morgan fingerprint density at radius 2 is 2.11 bits per heavy atom. The molecule has 0 aromatic heterocycles. The van der Waals surface area contributed by atoms with E-state index in [1.807, 2.05) is 6.92 Å². The molecule has 0 amide bonds. The smallest absolute Gasteiger partial charge is 0.420 e. The molecule has 0 fully saturated rings. The highest BCUT2D eigenvalue weighted by Gasteiger charge is 2.17. The van der Waals surface area contributed by atoms with E-state index in [1.165, 1.54) is 6.47 Å². The highest BCUT2D eigenvalue weighted by Crippen LogP contribution is 2.07. The molecule has 0 atom stereocenters. The molecule has 0 unspecified atom stereocenters. The van der Waals surface area contributed by atoms with Crippen LogP contribution in [0.5, 0.6) is 0 Å². The van der Waals surface area contributed by atoms with Gasteiger partial charge in [-0.25, -0.2) is 4.79 Å². The molecule has 53 valence electrons. The highest BCUT2D eigenvalue weighted by molar-refractivity contribution is 5.38. The molecule has 3 nitrogen and oxygen atoms in total. The Bertz CT molecular complexity index is 88.3. The summed E-state index contributed by atoms with van der Waals surface area (Å²) in [6, 6.07) is 0. The molecule has 0 spiro atoms. The Balaban J connectivity index is 3.55. The minimum Gasteiger partial charge on any atom is -0.425 e.